The highest BCUT2D eigenvalue weighted by Crippen LogP contribution is 2.28. The van der Waals surface area contributed by atoms with Crippen molar-refractivity contribution in [3.05, 3.63) is 60.2 Å². The number of amides is 2. The Morgan fingerprint density at radius 1 is 1.15 bits per heavy atom. The number of aliphatic hydroxyl groups excluding tert-OH is 1. The summed E-state index contributed by atoms with van der Waals surface area (Å²) < 4.78 is 34.0. The second-order valence-corrected chi connectivity index (χ2v) is 12.5. The molecule has 2 aromatic carbocycles. The van der Waals surface area contributed by atoms with Crippen LogP contribution in [0.3, 0.4) is 0 Å². The topological polar surface area (TPSA) is 128 Å². The summed E-state index contributed by atoms with van der Waals surface area (Å²) in [5.74, 6) is -0.128. The van der Waals surface area contributed by atoms with Gasteiger partial charge in [0.1, 0.15) is 5.75 Å². The first-order chi connectivity index (χ1) is 19.2. The number of methoxy groups -OCH3 is 1. The van der Waals surface area contributed by atoms with Crippen LogP contribution in [0.2, 0.25) is 0 Å². The number of hydrogen-bond acceptors (Lipinski definition) is 7. The highest BCUT2D eigenvalue weighted by atomic mass is 32.2. The monoisotopic (exact) mass is 572 g/mol. The van der Waals surface area contributed by atoms with Crippen molar-refractivity contribution < 1.29 is 27.9 Å². The number of rotatable bonds is 12. The summed E-state index contributed by atoms with van der Waals surface area (Å²) in [6, 6.07) is 14.5. The molecule has 0 bridgehead atoms. The van der Waals surface area contributed by atoms with E-state index in [-0.39, 0.29) is 29.9 Å². The molecule has 11 heteroatoms. The van der Waals surface area contributed by atoms with Gasteiger partial charge >= 0.3 is 0 Å². The molecule has 1 saturated heterocycles. The number of likely N-dealkylation sites (N-methyl/N-ethyl adjacent to an activating group) is 1. The number of β-amino-alcohol motifs (C(OH)–C–C–N with tert-alkyl or cyclic N) is 1. The van der Waals surface area contributed by atoms with E-state index < -0.39 is 34.0 Å². The number of ether oxygens (including phenoxy) is 1. The van der Waals surface area contributed by atoms with Crippen LogP contribution < -0.4 is 15.4 Å². The van der Waals surface area contributed by atoms with Gasteiger partial charge in [0, 0.05) is 39.3 Å². The number of aliphatic hydroxyl groups is 1. The Labute approximate surface area is 236 Å². The lowest BCUT2D eigenvalue weighted by molar-refractivity contribution is -0.145. The van der Waals surface area contributed by atoms with Crippen molar-refractivity contribution in [2.75, 3.05) is 40.3 Å². The van der Waals surface area contributed by atoms with Crippen molar-refractivity contribution in [3.63, 3.8) is 0 Å². The number of carbonyl (C=O) groups is 2. The molecule has 10 nitrogen and oxygen atoms in total. The average molecular weight is 573 g/mol. The summed E-state index contributed by atoms with van der Waals surface area (Å²) >= 11 is 0. The zero-order chi connectivity index (χ0) is 28.7. The van der Waals surface area contributed by atoms with E-state index in [4.69, 9.17) is 4.74 Å². The Hall–Kier alpha value is -2.99. The van der Waals surface area contributed by atoms with Crippen LogP contribution in [0.4, 0.5) is 0 Å². The van der Waals surface area contributed by atoms with Crippen LogP contribution in [0.25, 0.3) is 0 Å². The van der Waals surface area contributed by atoms with Gasteiger partial charge in [-0.25, -0.2) is 8.42 Å². The summed E-state index contributed by atoms with van der Waals surface area (Å²) in [6.45, 7) is 0.409. The van der Waals surface area contributed by atoms with Crippen LogP contribution in [-0.4, -0.2) is 93.1 Å². The van der Waals surface area contributed by atoms with E-state index in [0.717, 1.165) is 31.2 Å². The van der Waals surface area contributed by atoms with Gasteiger partial charge in [-0.05, 0) is 55.0 Å². The van der Waals surface area contributed by atoms with Crippen LogP contribution >= 0.6 is 0 Å². The van der Waals surface area contributed by atoms with Crippen molar-refractivity contribution in [2.45, 2.75) is 55.2 Å². The van der Waals surface area contributed by atoms with Crippen LogP contribution in [0.1, 0.15) is 31.2 Å². The lowest BCUT2D eigenvalue weighted by Crippen LogP contribution is -2.66. The van der Waals surface area contributed by atoms with E-state index >= 15 is 0 Å². The van der Waals surface area contributed by atoms with Gasteiger partial charge in [-0.3, -0.25) is 14.9 Å². The van der Waals surface area contributed by atoms with Crippen LogP contribution in [0.15, 0.2) is 59.5 Å². The first kappa shape index (κ1) is 30.0. The van der Waals surface area contributed by atoms with Gasteiger partial charge in [-0.1, -0.05) is 43.2 Å². The quantitative estimate of drug-likeness (QED) is 0.328. The minimum absolute atomic E-state index is 0.0925. The first-order valence-corrected chi connectivity index (χ1v) is 15.3. The summed E-state index contributed by atoms with van der Waals surface area (Å²) in [7, 11) is -0.928. The molecule has 3 atom stereocenters. The molecule has 1 aliphatic heterocycles. The molecular weight excluding hydrogens is 532 g/mol. The van der Waals surface area contributed by atoms with Gasteiger partial charge in [-0.15, -0.1) is 0 Å². The van der Waals surface area contributed by atoms with Gasteiger partial charge in [0.05, 0.1) is 18.1 Å². The molecule has 3 N–H and O–H groups in total. The van der Waals surface area contributed by atoms with E-state index in [2.05, 4.69) is 10.6 Å². The van der Waals surface area contributed by atoms with E-state index in [1.54, 1.807) is 12.1 Å². The molecule has 0 aromatic heterocycles. The molecule has 0 spiro atoms. The number of hydrogen-bond donors (Lipinski definition) is 3. The van der Waals surface area contributed by atoms with Crippen LogP contribution in [0.5, 0.6) is 5.75 Å². The third kappa shape index (κ3) is 7.20. The molecule has 1 saturated carbocycles. The van der Waals surface area contributed by atoms with Gasteiger partial charge in [0.15, 0.2) is 6.04 Å². The Morgan fingerprint density at radius 3 is 2.45 bits per heavy atom. The molecule has 1 heterocycles. The fourth-order valence-corrected chi connectivity index (χ4v) is 7.18. The highest BCUT2D eigenvalue weighted by molar-refractivity contribution is 7.89. The van der Waals surface area contributed by atoms with E-state index in [9.17, 15) is 23.1 Å². The normalized spacial score (nSPS) is 21.0. The molecule has 2 amide bonds. The van der Waals surface area contributed by atoms with E-state index in [1.165, 1.54) is 35.5 Å². The third-order valence-corrected chi connectivity index (χ3v) is 9.65. The molecule has 4 rings (SSSR count). The highest BCUT2D eigenvalue weighted by Gasteiger charge is 2.40. The number of nitrogens with one attached hydrogen (secondary N) is 2. The Morgan fingerprint density at radius 2 is 1.82 bits per heavy atom. The summed E-state index contributed by atoms with van der Waals surface area (Å²) in [5, 5.41) is 16.8. The summed E-state index contributed by atoms with van der Waals surface area (Å²) in [5.41, 5.74) is 1.02. The fourth-order valence-electron chi connectivity index (χ4n) is 5.62. The van der Waals surface area contributed by atoms with Crippen LogP contribution in [-0.2, 0) is 26.0 Å². The zero-order valence-electron chi connectivity index (χ0n) is 23.2. The maximum atomic E-state index is 13.7. The molecular formula is C29H40N4O6S. The molecule has 2 unspecified atom stereocenters. The van der Waals surface area contributed by atoms with Crippen molar-refractivity contribution >= 4 is 21.8 Å². The van der Waals surface area contributed by atoms with Crippen molar-refractivity contribution in [3.8, 4) is 5.75 Å². The summed E-state index contributed by atoms with van der Waals surface area (Å²) in [6.07, 6.45) is 3.37. The van der Waals surface area contributed by atoms with Gasteiger partial charge in [0.25, 0.3) is 0 Å². The molecule has 40 heavy (non-hydrogen) atoms. The second kappa shape index (κ2) is 13.6. The molecule has 1 aliphatic carbocycles. The predicted octanol–water partition coefficient (Wildman–Crippen LogP) is 1.39. The maximum Gasteiger partial charge on any atom is 0.249 e. The molecule has 2 fully saturated rings. The second-order valence-electron chi connectivity index (χ2n) is 10.6. The van der Waals surface area contributed by atoms with Gasteiger partial charge < -0.3 is 20.1 Å². The standard InChI is InChI=1S/C29H40N4O6S/c1-30-28(35)27-29(36)33(23(17-31-27)16-21-8-4-3-5-9-21)20-24(34)19-32(18-22-10-6-7-11-22)40(37,38)26-14-12-25(39-2)13-15-26/h3-5,8-9,12-15,22-24,27,31,34H,6-7,10-11,16-20H2,1-2H3,(H,30,35)/t23-,24?,27?/m0/s1. The number of benzene rings is 2. The maximum absolute atomic E-state index is 13.7. The molecule has 2 aliphatic rings. The lowest BCUT2D eigenvalue weighted by Gasteiger charge is -2.41. The van der Waals surface area contributed by atoms with Crippen LogP contribution in [0, 0.1) is 5.92 Å². The van der Waals surface area contributed by atoms with E-state index in [0.29, 0.717) is 25.3 Å². The number of piperazine rings is 1. The molecule has 2 aromatic rings. The zero-order valence-corrected chi connectivity index (χ0v) is 24.0. The smallest absolute Gasteiger partial charge is 0.249 e. The number of nitrogens with zero attached hydrogens (tertiary/aromatic N) is 2. The fraction of sp³-hybridized carbons (Fsp3) is 0.517. The minimum Gasteiger partial charge on any atom is -0.497 e. The van der Waals surface area contributed by atoms with Gasteiger partial charge in [-0.2, -0.15) is 4.31 Å². The van der Waals surface area contributed by atoms with Crippen molar-refractivity contribution in [1.82, 2.24) is 19.8 Å². The SMILES string of the molecule is CNC(=O)C1NC[C@H](Cc2ccccc2)N(CC(O)CN(CC2CCCC2)S(=O)(=O)c2ccc(OC)cc2)C1=O. The lowest BCUT2D eigenvalue weighted by atomic mass is 9.99. The Kier molecular flexibility index (Phi) is 10.2. The van der Waals surface area contributed by atoms with Crippen molar-refractivity contribution in [1.29, 1.82) is 0 Å². The minimum atomic E-state index is -3.92. The molecule has 218 valence electrons. The number of sulfonamides is 1. The third-order valence-electron chi connectivity index (χ3n) is 7.81. The molecule has 0 radical (unpaired) electrons. The largest absolute Gasteiger partial charge is 0.497 e. The first-order valence-electron chi connectivity index (χ1n) is 13.8. The van der Waals surface area contributed by atoms with E-state index in [1.807, 2.05) is 30.3 Å². The Bertz CT molecular complexity index is 1230. The predicted molar refractivity (Wildman–Crippen MR) is 151 cm³/mol. The Balaban J connectivity index is 1.55. The average Bonchev–Trinajstić information content (AvgIpc) is 3.48. The number of carbonyl (C=O) groups excluding carboxylic acids is 2. The summed E-state index contributed by atoms with van der Waals surface area (Å²) in [4.78, 5) is 27.5. The van der Waals surface area contributed by atoms with Crippen molar-refractivity contribution in [2.24, 2.45) is 5.92 Å². The van der Waals surface area contributed by atoms with Gasteiger partial charge in [0.2, 0.25) is 21.8 Å².